The van der Waals surface area contributed by atoms with E-state index in [1.54, 1.807) is 10.6 Å². The quantitative estimate of drug-likeness (QED) is 0.495. The lowest BCUT2D eigenvalue weighted by atomic mass is 10.1. The molecule has 0 spiro atoms. The molecule has 0 saturated carbocycles. The molecule has 0 unspecified atom stereocenters. The van der Waals surface area contributed by atoms with Crippen molar-refractivity contribution in [1.82, 2.24) is 4.57 Å². The van der Waals surface area contributed by atoms with Gasteiger partial charge in [0.15, 0.2) is 0 Å². The van der Waals surface area contributed by atoms with Gasteiger partial charge in [0.2, 0.25) is 15.3 Å². The van der Waals surface area contributed by atoms with Gasteiger partial charge in [0.1, 0.15) is 16.5 Å². The minimum atomic E-state index is -4.10. The second kappa shape index (κ2) is 9.55. The Balaban J connectivity index is 1.90. The molecular weight excluding hydrogens is 443 g/mol. The van der Waals surface area contributed by atoms with E-state index in [1.807, 2.05) is 11.8 Å². The number of halogens is 1. The maximum atomic E-state index is 15.1. The van der Waals surface area contributed by atoms with Crippen LogP contribution in [-0.4, -0.2) is 33.2 Å². The van der Waals surface area contributed by atoms with E-state index in [2.05, 4.69) is 0 Å². The maximum Gasteiger partial charge on any atom is 0.211 e. The van der Waals surface area contributed by atoms with Crippen molar-refractivity contribution >= 4 is 26.4 Å². The normalized spacial score (nSPS) is 14.6. The average molecular weight is 473 g/mol. The summed E-state index contributed by atoms with van der Waals surface area (Å²) in [6.07, 6.45) is 6.24. The van der Waals surface area contributed by atoms with Crippen LogP contribution in [0.3, 0.4) is 0 Å². The van der Waals surface area contributed by atoms with Crippen LogP contribution < -0.4 is 15.1 Å². The zero-order valence-electron chi connectivity index (χ0n) is 19.0. The molecular formula is C25H29FN2O4S. The monoisotopic (exact) mass is 472 g/mol. The predicted molar refractivity (Wildman–Crippen MR) is 128 cm³/mol. The number of ether oxygens (including phenoxy) is 1. The van der Waals surface area contributed by atoms with Gasteiger partial charge in [-0.25, -0.2) is 12.8 Å². The average Bonchev–Trinajstić information content (AvgIpc) is 2.84. The van der Waals surface area contributed by atoms with Gasteiger partial charge in [-0.2, -0.15) is 0 Å². The lowest BCUT2D eigenvalue weighted by Crippen LogP contribution is -2.30. The number of aromatic nitrogens is 1. The van der Waals surface area contributed by atoms with E-state index >= 15 is 4.39 Å². The van der Waals surface area contributed by atoms with Gasteiger partial charge in [0.25, 0.3) is 0 Å². The molecule has 1 fully saturated rings. The molecule has 0 atom stereocenters. The molecule has 6 nitrogen and oxygen atoms in total. The highest BCUT2D eigenvalue weighted by Gasteiger charge is 2.25. The van der Waals surface area contributed by atoms with Crippen LogP contribution in [0.25, 0.3) is 10.9 Å². The van der Waals surface area contributed by atoms with Crippen molar-refractivity contribution in [2.24, 2.45) is 0 Å². The number of nitrogens with zero attached hydrogens (tertiary/aromatic N) is 2. The van der Waals surface area contributed by atoms with Crippen molar-refractivity contribution in [2.75, 3.05) is 25.1 Å². The minimum Gasteiger partial charge on any atom is -0.497 e. The molecule has 0 bridgehead atoms. The van der Waals surface area contributed by atoms with Gasteiger partial charge in [-0.05, 0) is 62.1 Å². The number of hydrogen-bond acceptors (Lipinski definition) is 5. The van der Waals surface area contributed by atoms with Crippen molar-refractivity contribution in [3.63, 3.8) is 0 Å². The molecule has 1 saturated heterocycles. The number of benzene rings is 2. The molecule has 1 aromatic heterocycles. The number of piperidine rings is 1. The first kappa shape index (κ1) is 23.3. The molecule has 176 valence electrons. The van der Waals surface area contributed by atoms with Crippen LogP contribution in [0.1, 0.15) is 39.0 Å². The number of sulfone groups is 1. The molecule has 0 aliphatic carbocycles. The van der Waals surface area contributed by atoms with Crippen molar-refractivity contribution in [1.29, 1.82) is 0 Å². The van der Waals surface area contributed by atoms with Crippen molar-refractivity contribution in [2.45, 2.75) is 55.4 Å². The van der Waals surface area contributed by atoms with Gasteiger partial charge in [0.05, 0.1) is 28.6 Å². The molecule has 0 amide bonds. The van der Waals surface area contributed by atoms with E-state index in [0.717, 1.165) is 45.2 Å². The summed E-state index contributed by atoms with van der Waals surface area (Å²) in [5.74, 6) is 0.0164. The standard InChI is InChI=1S/C25H29FN2O4S/c1-3-4-12-28-17-24(33(30,31)19-10-8-18(32-2)9-11-19)25(29)20-15-21(26)23(16-22(20)28)27-13-6-5-7-14-27/h8-11,15-17H,3-7,12-14H2,1-2H3. The summed E-state index contributed by atoms with van der Waals surface area (Å²) >= 11 is 0. The van der Waals surface area contributed by atoms with Gasteiger partial charge in [0, 0.05) is 25.8 Å². The van der Waals surface area contributed by atoms with E-state index in [-0.39, 0.29) is 15.2 Å². The third-order valence-electron chi connectivity index (χ3n) is 6.22. The van der Waals surface area contributed by atoms with Crippen LogP contribution in [-0.2, 0) is 16.4 Å². The second-order valence-electron chi connectivity index (χ2n) is 8.42. The zero-order chi connectivity index (χ0) is 23.6. The van der Waals surface area contributed by atoms with Crippen molar-refractivity contribution in [3.8, 4) is 5.75 Å². The van der Waals surface area contributed by atoms with Gasteiger partial charge in [-0.1, -0.05) is 13.3 Å². The van der Waals surface area contributed by atoms with E-state index < -0.39 is 21.1 Å². The first-order valence-corrected chi connectivity index (χ1v) is 12.9. The summed E-state index contributed by atoms with van der Waals surface area (Å²) in [5, 5.41) is 0.0824. The highest BCUT2D eigenvalue weighted by Crippen LogP contribution is 2.29. The molecule has 0 N–H and O–H groups in total. The number of hydrogen-bond donors (Lipinski definition) is 0. The fourth-order valence-corrected chi connectivity index (χ4v) is 5.70. The maximum absolute atomic E-state index is 15.1. The lowest BCUT2D eigenvalue weighted by Gasteiger charge is -2.29. The number of methoxy groups -OCH3 is 1. The summed E-state index contributed by atoms with van der Waals surface area (Å²) in [6.45, 7) is 4.11. The van der Waals surface area contributed by atoms with E-state index in [9.17, 15) is 13.2 Å². The Hall–Kier alpha value is -2.87. The first-order valence-electron chi connectivity index (χ1n) is 11.4. The van der Waals surface area contributed by atoms with E-state index in [0.29, 0.717) is 23.5 Å². The molecule has 2 aromatic carbocycles. The summed E-state index contributed by atoms with van der Waals surface area (Å²) < 4.78 is 48.8. The van der Waals surface area contributed by atoms with Gasteiger partial charge in [-0.15, -0.1) is 0 Å². The smallest absolute Gasteiger partial charge is 0.211 e. The highest BCUT2D eigenvalue weighted by molar-refractivity contribution is 7.91. The number of aryl methyl sites for hydroxylation is 1. The summed E-state index contributed by atoms with van der Waals surface area (Å²) in [5.41, 5.74) is 0.347. The number of fused-ring (bicyclic) bond motifs is 1. The number of unbranched alkanes of at least 4 members (excludes halogenated alkanes) is 1. The molecule has 3 aromatic rings. The van der Waals surface area contributed by atoms with Gasteiger partial charge < -0.3 is 14.2 Å². The highest BCUT2D eigenvalue weighted by atomic mass is 32.2. The molecule has 8 heteroatoms. The molecule has 0 radical (unpaired) electrons. The SMILES string of the molecule is CCCCn1cc(S(=O)(=O)c2ccc(OC)cc2)c(=O)c2cc(F)c(N3CCCCC3)cc21. The first-order chi connectivity index (χ1) is 15.9. The van der Waals surface area contributed by atoms with Crippen LogP contribution in [0.2, 0.25) is 0 Å². The largest absolute Gasteiger partial charge is 0.497 e. The van der Waals surface area contributed by atoms with Crippen molar-refractivity contribution < 1.29 is 17.5 Å². The van der Waals surface area contributed by atoms with Crippen LogP contribution in [0.4, 0.5) is 10.1 Å². The fraction of sp³-hybridized carbons (Fsp3) is 0.400. The molecule has 1 aliphatic heterocycles. The third-order valence-corrected chi connectivity index (χ3v) is 7.99. The third kappa shape index (κ3) is 4.49. The van der Waals surface area contributed by atoms with Crippen LogP contribution in [0, 0.1) is 5.82 Å². The van der Waals surface area contributed by atoms with E-state index in [4.69, 9.17) is 4.74 Å². The molecule has 2 heterocycles. The second-order valence-corrected chi connectivity index (χ2v) is 10.3. The number of anilines is 1. The topological polar surface area (TPSA) is 68.6 Å². The van der Waals surface area contributed by atoms with Crippen molar-refractivity contribution in [3.05, 3.63) is 58.6 Å². The Morgan fingerprint density at radius 3 is 2.39 bits per heavy atom. The Labute approximate surface area is 193 Å². The molecule has 33 heavy (non-hydrogen) atoms. The Kier molecular flexibility index (Phi) is 6.74. The van der Waals surface area contributed by atoms with E-state index in [1.165, 1.54) is 43.6 Å². The minimum absolute atomic E-state index is 0.00722. The van der Waals surface area contributed by atoms with Crippen LogP contribution in [0.15, 0.2) is 57.2 Å². The molecule has 4 rings (SSSR count). The zero-order valence-corrected chi connectivity index (χ0v) is 19.8. The summed E-state index contributed by atoms with van der Waals surface area (Å²) in [6, 6.07) is 8.80. The van der Waals surface area contributed by atoms with Gasteiger partial charge in [-0.3, -0.25) is 4.79 Å². The lowest BCUT2D eigenvalue weighted by molar-refractivity contribution is 0.414. The predicted octanol–water partition coefficient (Wildman–Crippen LogP) is 4.77. The Morgan fingerprint density at radius 1 is 1.06 bits per heavy atom. The van der Waals surface area contributed by atoms with Crippen LogP contribution in [0.5, 0.6) is 5.75 Å². The fourth-order valence-electron chi connectivity index (χ4n) is 4.34. The Morgan fingerprint density at radius 2 is 1.76 bits per heavy atom. The summed E-state index contributed by atoms with van der Waals surface area (Å²) in [7, 11) is -2.61. The number of rotatable bonds is 7. The van der Waals surface area contributed by atoms with Gasteiger partial charge >= 0.3 is 0 Å². The molecule has 1 aliphatic rings. The number of pyridine rings is 1. The van der Waals surface area contributed by atoms with Crippen LogP contribution >= 0.6 is 0 Å². The summed E-state index contributed by atoms with van der Waals surface area (Å²) in [4.78, 5) is 15.0. The Bertz CT molecular complexity index is 1310.